The molecule has 0 radical (unpaired) electrons. The highest BCUT2D eigenvalue weighted by molar-refractivity contribution is 5.92. The first-order valence-electron chi connectivity index (χ1n) is 7.43. The summed E-state index contributed by atoms with van der Waals surface area (Å²) in [5.74, 6) is 2.50. The molecular formula is C17H22N2O. The lowest BCUT2D eigenvalue weighted by molar-refractivity contribution is 0.277. The second-order valence-electron chi connectivity index (χ2n) is 6.06. The SMILES string of the molecule is CC(C)C1CCN(c2nc(CO)cc3ccccc23)C1. The van der Waals surface area contributed by atoms with Crippen LogP contribution in [0.4, 0.5) is 5.82 Å². The number of hydrogen-bond acceptors (Lipinski definition) is 3. The molecule has 3 rings (SSSR count). The zero-order valence-corrected chi connectivity index (χ0v) is 12.2. The van der Waals surface area contributed by atoms with Gasteiger partial charge in [0.2, 0.25) is 0 Å². The number of pyridine rings is 1. The third-order valence-electron chi connectivity index (χ3n) is 4.40. The van der Waals surface area contributed by atoms with Crippen molar-refractivity contribution in [2.24, 2.45) is 11.8 Å². The highest BCUT2D eigenvalue weighted by atomic mass is 16.3. The minimum absolute atomic E-state index is 0.000711. The van der Waals surface area contributed by atoms with Crippen LogP contribution in [0.5, 0.6) is 0 Å². The standard InChI is InChI=1S/C17H22N2O/c1-12(2)14-7-8-19(10-14)17-16-6-4-3-5-13(16)9-15(11-20)18-17/h3-6,9,12,14,20H,7-8,10-11H2,1-2H3. The summed E-state index contributed by atoms with van der Waals surface area (Å²) >= 11 is 0. The molecule has 0 saturated carbocycles. The molecule has 2 aromatic rings. The molecule has 1 saturated heterocycles. The van der Waals surface area contributed by atoms with Gasteiger partial charge in [-0.15, -0.1) is 0 Å². The summed E-state index contributed by atoms with van der Waals surface area (Å²) in [6.07, 6.45) is 1.23. The van der Waals surface area contributed by atoms with Crippen molar-refractivity contribution in [3.8, 4) is 0 Å². The van der Waals surface area contributed by atoms with Gasteiger partial charge < -0.3 is 10.0 Å². The first kappa shape index (κ1) is 13.4. The van der Waals surface area contributed by atoms with Crippen LogP contribution in [0.25, 0.3) is 10.8 Å². The molecule has 1 aliphatic heterocycles. The lowest BCUT2D eigenvalue weighted by Crippen LogP contribution is -2.22. The predicted octanol–water partition coefficient (Wildman–Crippen LogP) is 3.21. The fraction of sp³-hybridized carbons (Fsp3) is 0.471. The van der Waals surface area contributed by atoms with Gasteiger partial charge in [0.25, 0.3) is 0 Å². The van der Waals surface area contributed by atoms with Gasteiger partial charge >= 0.3 is 0 Å². The van der Waals surface area contributed by atoms with Crippen molar-refractivity contribution in [3.63, 3.8) is 0 Å². The Morgan fingerprint density at radius 1 is 1.35 bits per heavy atom. The molecule has 3 nitrogen and oxygen atoms in total. The van der Waals surface area contributed by atoms with Gasteiger partial charge in [-0.25, -0.2) is 4.98 Å². The molecule has 1 unspecified atom stereocenters. The molecule has 1 aromatic carbocycles. The smallest absolute Gasteiger partial charge is 0.136 e. The fourth-order valence-corrected chi connectivity index (χ4v) is 3.08. The number of nitrogens with zero attached hydrogens (tertiary/aromatic N) is 2. The van der Waals surface area contributed by atoms with E-state index in [9.17, 15) is 5.11 Å². The van der Waals surface area contributed by atoms with E-state index in [1.165, 1.54) is 11.8 Å². The Morgan fingerprint density at radius 2 is 2.15 bits per heavy atom. The minimum Gasteiger partial charge on any atom is -0.390 e. The zero-order chi connectivity index (χ0) is 14.1. The van der Waals surface area contributed by atoms with Crippen molar-refractivity contribution >= 4 is 16.6 Å². The average Bonchev–Trinajstić information content (AvgIpc) is 2.96. The molecule has 2 heterocycles. The maximum absolute atomic E-state index is 9.42. The maximum Gasteiger partial charge on any atom is 0.136 e. The second kappa shape index (κ2) is 5.41. The Bertz CT molecular complexity index is 609. The Labute approximate surface area is 120 Å². The van der Waals surface area contributed by atoms with Crippen molar-refractivity contribution in [1.29, 1.82) is 0 Å². The van der Waals surface area contributed by atoms with Gasteiger partial charge in [-0.05, 0) is 29.7 Å². The summed E-state index contributed by atoms with van der Waals surface area (Å²) in [6, 6.07) is 10.3. The van der Waals surface area contributed by atoms with Gasteiger partial charge in [-0.2, -0.15) is 0 Å². The zero-order valence-electron chi connectivity index (χ0n) is 12.2. The number of hydrogen-bond donors (Lipinski definition) is 1. The Kier molecular flexibility index (Phi) is 3.62. The summed E-state index contributed by atoms with van der Waals surface area (Å²) in [4.78, 5) is 7.05. The molecule has 0 amide bonds. The molecule has 3 heteroatoms. The van der Waals surface area contributed by atoms with E-state index in [1.54, 1.807) is 0 Å². The van der Waals surface area contributed by atoms with E-state index in [0.29, 0.717) is 5.92 Å². The minimum atomic E-state index is -0.000711. The molecule has 106 valence electrons. The second-order valence-corrected chi connectivity index (χ2v) is 6.06. The lowest BCUT2D eigenvalue weighted by atomic mass is 9.95. The van der Waals surface area contributed by atoms with Crippen molar-refractivity contribution in [3.05, 3.63) is 36.0 Å². The quantitative estimate of drug-likeness (QED) is 0.930. The molecule has 20 heavy (non-hydrogen) atoms. The van der Waals surface area contributed by atoms with Crippen molar-refractivity contribution < 1.29 is 5.11 Å². The monoisotopic (exact) mass is 270 g/mol. The molecule has 1 fully saturated rings. The largest absolute Gasteiger partial charge is 0.390 e. The van der Waals surface area contributed by atoms with Gasteiger partial charge in [-0.3, -0.25) is 0 Å². The number of fused-ring (bicyclic) bond motifs is 1. The van der Waals surface area contributed by atoms with E-state index in [1.807, 2.05) is 12.1 Å². The molecule has 1 N–H and O–H groups in total. The van der Waals surface area contributed by atoms with E-state index in [4.69, 9.17) is 0 Å². The van der Waals surface area contributed by atoms with Crippen molar-refractivity contribution in [1.82, 2.24) is 4.98 Å². The maximum atomic E-state index is 9.42. The lowest BCUT2D eigenvalue weighted by Gasteiger charge is -2.21. The molecule has 1 atom stereocenters. The number of aromatic nitrogens is 1. The first-order valence-corrected chi connectivity index (χ1v) is 7.43. The third kappa shape index (κ3) is 2.38. The van der Waals surface area contributed by atoms with Crippen molar-refractivity contribution in [2.45, 2.75) is 26.9 Å². The Hall–Kier alpha value is -1.61. The number of anilines is 1. The first-order chi connectivity index (χ1) is 9.69. The summed E-state index contributed by atoms with van der Waals surface area (Å²) < 4.78 is 0. The van der Waals surface area contributed by atoms with Crippen LogP contribution in [-0.2, 0) is 6.61 Å². The van der Waals surface area contributed by atoms with E-state index in [2.05, 4.69) is 41.9 Å². The van der Waals surface area contributed by atoms with Gasteiger partial charge in [0.1, 0.15) is 5.82 Å². The van der Waals surface area contributed by atoms with Crippen LogP contribution in [0.2, 0.25) is 0 Å². The van der Waals surface area contributed by atoms with E-state index < -0.39 is 0 Å². The van der Waals surface area contributed by atoms with Crippen LogP contribution in [0.15, 0.2) is 30.3 Å². The van der Waals surface area contributed by atoms with Gasteiger partial charge in [0, 0.05) is 18.5 Å². The Morgan fingerprint density at radius 3 is 2.85 bits per heavy atom. The summed E-state index contributed by atoms with van der Waals surface area (Å²) in [5.41, 5.74) is 0.756. The van der Waals surface area contributed by atoms with Crippen molar-refractivity contribution in [2.75, 3.05) is 18.0 Å². The molecule has 0 aliphatic carbocycles. The van der Waals surface area contributed by atoms with Gasteiger partial charge in [0.15, 0.2) is 0 Å². The molecule has 1 aliphatic rings. The third-order valence-corrected chi connectivity index (χ3v) is 4.40. The van der Waals surface area contributed by atoms with Crippen LogP contribution < -0.4 is 4.90 Å². The summed E-state index contributed by atoms with van der Waals surface area (Å²) in [7, 11) is 0. The Balaban J connectivity index is 2.02. The highest BCUT2D eigenvalue weighted by Gasteiger charge is 2.26. The molecule has 0 spiro atoms. The normalized spacial score (nSPS) is 19.2. The summed E-state index contributed by atoms with van der Waals surface area (Å²) in [5, 5.41) is 11.8. The predicted molar refractivity (Wildman–Crippen MR) is 82.8 cm³/mol. The van der Waals surface area contributed by atoms with Gasteiger partial charge in [0.05, 0.1) is 12.3 Å². The van der Waals surface area contributed by atoms with Gasteiger partial charge in [-0.1, -0.05) is 38.1 Å². The highest BCUT2D eigenvalue weighted by Crippen LogP contribution is 2.32. The number of benzene rings is 1. The molecule has 0 bridgehead atoms. The fourth-order valence-electron chi connectivity index (χ4n) is 3.08. The number of aliphatic hydroxyl groups is 1. The van der Waals surface area contributed by atoms with Crippen LogP contribution in [-0.4, -0.2) is 23.2 Å². The number of rotatable bonds is 3. The topological polar surface area (TPSA) is 36.4 Å². The van der Waals surface area contributed by atoms with E-state index in [-0.39, 0.29) is 6.61 Å². The molecular weight excluding hydrogens is 248 g/mol. The molecule has 1 aromatic heterocycles. The van der Waals surface area contributed by atoms with E-state index >= 15 is 0 Å². The van der Waals surface area contributed by atoms with Crippen LogP contribution in [0, 0.1) is 11.8 Å². The van der Waals surface area contributed by atoms with Crippen LogP contribution >= 0.6 is 0 Å². The van der Waals surface area contributed by atoms with Crippen LogP contribution in [0.3, 0.4) is 0 Å². The van der Waals surface area contributed by atoms with Crippen LogP contribution in [0.1, 0.15) is 26.0 Å². The summed E-state index contributed by atoms with van der Waals surface area (Å²) in [6.45, 7) is 6.73. The van der Waals surface area contributed by atoms with E-state index in [0.717, 1.165) is 35.9 Å². The average molecular weight is 270 g/mol. The number of aliphatic hydroxyl groups excluding tert-OH is 1.